The summed E-state index contributed by atoms with van der Waals surface area (Å²) in [5, 5.41) is 3.85. The third kappa shape index (κ3) is 9.80. The summed E-state index contributed by atoms with van der Waals surface area (Å²) in [6.07, 6.45) is 14.8. The lowest BCUT2D eigenvalue weighted by atomic mass is 9.99. The van der Waals surface area contributed by atoms with Crippen LogP contribution in [0, 0.1) is 0 Å². The Morgan fingerprint density at radius 3 is 2.43 bits per heavy atom. The molecule has 1 saturated heterocycles. The predicted octanol–water partition coefficient (Wildman–Crippen LogP) is 4.14. The van der Waals surface area contributed by atoms with E-state index in [1.54, 1.807) is 4.31 Å². The van der Waals surface area contributed by atoms with Crippen LogP contribution in [0.1, 0.15) is 90.9 Å². The molecule has 1 aliphatic rings. The van der Waals surface area contributed by atoms with Crippen LogP contribution in [-0.4, -0.2) is 38.2 Å². The van der Waals surface area contributed by atoms with Gasteiger partial charge in [-0.1, -0.05) is 58.8 Å². The molecular weight excluding hydrogens is 308 g/mol. The Balaban J connectivity index is 2.34. The molecule has 0 bridgehead atoms. The Kier molecular flexibility index (Phi) is 12.2. The van der Waals surface area contributed by atoms with Crippen LogP contribution in [-0.2, 0) is 11.3 Å². The van der Waals surface area contributed by atoms with Crippen LogP contribution in [0.15, 0.2) is 0 Å². The molecule has 138 valence electrons. The minimum absolute atomic E-state index is 0.487. The average molecular weight is 346 g/mol. The fourth-order valence-corrected chi connectivity index (χ4v) is 4.01. The summed E-state index contributed by atoms with van der Waals surface area (Å²) in [7, 11) is 0. The zero-order valence-corrected chi connectivity index (χ0v) is 16.0. The van der Waals surface area contributed by atoms with Crippen LogP contribution in [0.3, 0.4) is 0 Å². The Hall–Kier alpha value is 0.0300. The first-order chi connectivity index (χ1) is 11.2. The summed E-state index contributed by atoms with van der Waals surface area (Å²) in [5.41, 5.74) is 0. The topological polar surface area (TPSA) is 55.4 Å². The van der Waals surface area contributed by atoms with Gasteiger partial charge in [-0.15, -0.1) is 0 Å². The van der Waals surface area contributed by atoms with Crippen LogP contribution in [0.25, 0.3) is 0 Å². The molecular formula is C18H37N2O2S-. The molecule has 0 aliphatic carbocycles. The lowest BCUT2D eigenvalue weighted by Crippen LogP contribution is -2.39. The van der Waals surface area contributed by atoms with Gasteiger partial charge in [-0.3, -0.25) is 4.21 Å². The average Bonchev–Trinajstić information content (AvgIpc) is 2.77. The quantitative estimate of drug-likeness (QED) is 0.427. The van der Waals surface area contributed by atoms with Gasteiger partial charge in [-0.2, -0.15) is 0 Å². The molecule has 0 amide bonds. The molecule has 1 fully saturated rings. The van der Waals surface area contributed by atoms with E-state index in [1.165, 1.54) is 57.8 Å². The van der Waals surface area contributed by atoms with Crippen molar-refractivity contribution in [1.29, 1.82) is 0 Å². The normalized spacial score (nSPS) is 22.7. The van der Waals surface area contributed by atoms with Gasteiger partial charge in [0.25, 0.3) is 0 Å². The molecule has 1 N–H and O–H groups in total. The Morgan fingerprint density at radius 2 is 1.74 bits per heavy atom. The van der Waals surface area contributed by atoms with Crippen molar-refractivity contribution in [2.24, 2.45) is 0 Å². The SMILES string of the molecule is CCCCCCCC(CCCC)NC1CCCN(S(=O)[O-])CC1. The van der Waals surface area contributed by atoms with Crippen LogP contribution in [0.4, 0.5) is 0 Å². The van der Waals surface area contributed by atoms with E-state index in [-0.39, 0.29) is 0 Å². The third-order valence-corrected chi connectivity index (χ3v) is 5.72. The number of rotatable bonds is 12. The Bertz CT molecular complexity index is 315. The van der Waals surface area contributed by atoms with E-state index < -0.39 is 11.3 Å². The summed E-state index contributed by atoms with van der Waals surface area (Å²) in [6.45, 7) is 5.87. The fraction of sp³-hybridized carbons (Fsp3) is 1.00. The fourth-order valence-electron chi connectivity index (χ4n) is 3.47. The van der Waals surface area contributed by atoms with Gasteiger partial charge in [0.05, 0.1) is 0 Å². The molecule has 0 saturated carbocycles. The van der Waals surface area contributed by atoms with E-state index in [2.05, 4.69) is 19.2 Å². The van der Waals surface area contributed by atoms with Crippen LogP contribution >= 0.6 is 0 Å². The zero-order chi connectivity index (χ0) is 16.9. The van der Waals surface area contributed by atoms with Crippen molar-refractivity contribution in [1.82, 2.24) is 9.62 Å². The van der Waals surface area contributed by atoms with Gasteiger partial charge >= 0.3 is 0 Å². The van der Waals surface area contributed by atoms with E-state index in [9.17, 15) is 8.76 Å². The first kappa shape index (κ1) is 21.1. The second kappa shape index (κ2) is 13.3. The molecule has 0 aromatic carbocycles. The van der Waals surface area contributed by atoms with Crippen molar-refractivity contribution in [3.05, 3.63) is 0 Å². The van der Waals surface area contributed by atoms with E-state index in [0.29, 0.717) is 25.2 Å². The number of hydrogen-bond donors (Lipinski definition) is 1. The predicted molar refractivity (Wildman–Crippen MR) is 98.0 cm³/mol. The molecule has 1 rings (SSSR count). The van der Waals surface area contributed by atoms with Gasteiger partial charge in [-0.05, 0) is 32.1 Å². The minimum atomic E-state index is -2.05. The molecule has 1 aliphatic heterocycles. The number of unbranched alkanes of at least 4 members (excludes halogenated alkanes) is 5. The highest BCUT2D eigenvalue weighted by Gasteiger charge is 2.20. The second-order valence-electron chi connectivity index (χ2n) is 6.98. The summed E-state index contributed by atoms with van der Waals surface area (Å²) >= 11 is -2.05. The first-order valence-corrected chi connectivity index (χ1v) is 10.8. The van der Waals surface area contributed by atoms with Crippen molar-refractivity contribution in [3.63, 3.8) is 0 Å². The van der Waals surface area contributed by atoms with Gasteiger partial charge in [0.15, 0.2) is 0 Å². The van der Waals surface area contributed by atoms with Crippen LogP contribution in [0.2, 0.25) is 0 Å². The first-order valence-electron chi connectivity index (χ1n) is 9.77. The highest BCUT2D eigenvalue weighted by atomic mass is 32.2. The maximum Gasteiger partial charge on any atom is 0.0209 e. The lowest BCUT2D eigenvalue weighted by molar-refractivity contribution is 0.345. The molecule has 4 nitrogen and oxygen atoms in total. The molecule has 23 heavy (non-hydrogen) atoms. The molecule has 0 aromatic rings. The van der Waals surface area contributed by atoms with E-state index in [1.807, 2.05) is 0 Å². The van der Waals surface area contributed by atoms with Crippen molar-refractivity contribution >= 4 is 11.3 Å². The summed E-state index contributed by atoms with van der Waals surface area (Å²) in [6, 6.07) is 1.10. The van der Waals surface area contributed by atoms with Gasteiger partial charge < -0.3 is 9.87 Å². The Labute approximate surface area is 146 Å². The van der Waals surface area contributed by atoms with Crippen molar-refractivity contribution in [3.8, 4) is 0 Å². The molecule has 0 aromatic heterocycles. The van der Waals surface area contributed by atoms with Gasteiger partial charge in [0, 0.05) is 36.4 Å². The number of nitrogens with zero attached hydrogens (tertiary/aromatic N) is 1. The number of nitrogens with one attached hydrogen (secondary N) is 1. The zero-order valence-electron chi connectivity index (χ0n) is 15.2. The van der Waals surface area contributed by atoms with Gasteiger partial charge in [0.1, 0.15) is 0 Å². The second-order valence-corrected chi connectivity index (χ2v) is 7.93. The molecule has 0 radical (unpaired) electrons. The van der Waals surface area contributed by atoms with Crippen LogP contribution < -0.4 is 5.32 Å². The monoisotopic (exact) mass is 345 g/mol. The van der Waals surface area contributed by atoms with Crippen LogP contribution in [0.5, 0.6) is 0 Å². The Morgan fingerprint density at radius 1 is 1.04 bits per heavy atom. The van der Waals surface area contributed by atoms with Gasteiger partial charge in [-0.25, -0.2) is 4.31 Å². The third-order valence-electron chi connectivity index (χ3n) is 4.93. The van der Waals surface area contributed by atoms with E-state index in [0.717, 1.165) is 19.3 Å². The molecule has 3 unspecified atom stereocenters. The van der Waals surface area contributed by atoms with E-state index in [4.69, 9.17) is 0 Å². The lowest BCUT2D eigenvalue weighted by Gasteiger charge is -2.26. The molecule has 1 heterocycles. The maximum atomic E-state index is 11.1. The molecule has 3 atom stereocenters. The highest BCUT2D eigenvalue weighted by Crippen LogP contribution is 2.17. The van der Waals surface area contributed by atoms with E-state index >= 15 is 0 Å². The van der Waals surface area contributed by atoms with Crippen molar-refractivity contribution in [2.75, 3.05) is 13.1 Å². The maximum absolute atomic E-state index is 11.1. The molecule has 0 spiro atoms. The molecule has 5 heteroatoms. The van der Waals surface area contributed by atoms with Crippen molar-refractivity contribution < 1.29 is 8.76 Å². The van der Waals surface area contributed by atoms with Gasteiger partial charge in [0.2, 0.25) is 0 Å². The van der Waals surface area contributed by atoms with Crippen molar-refractivity contribution in [2.45, 2.75) is 103 Å². The number of hydrogen-bond acceptors (Lipinski definition) is 3. The summed E-state index contributed by atoms with van der Waals surface area (Å²) < 4.78 is 23.8. The summed E-state index contributed by atoms with van der Waals surface area (Å²) in [5.74, 6) is 0. The smallest absolute Gasteiger partial charge is 0.0209 e. The minimum Gasteiger partial charge on any atom is -0.760 e. The summed E-state index contributed by atoms with van der Waals surface area (Å²) in [4.78, 5) is 0. The highest BCUT2D eigenvalue weighted by molar-refractivity contribution is 7.76. The largest absolute Gasteiger partial charge is 0.760 e. The standard InChI is InChI=1S/C18H38N2O2S/c1-3-5-7-8-9-12-17(11-6-4-2)19-18-13-10-15-20(16-14-18)23(21)22/h17-19H,3-16H2,1-2H3,(H,21,22)/p-1.